The van der Waals surface area contributed by atoms with Gasteiger partial charge in [0.05, 0.1) is 19.8 Å². The van der Waals surface area contributed by atoms with E-state index in [1.54, 1.807) is 0 Å². The first kappa shape index (κ1) is 11.3. The molecule has 16 heavy (non-hydrogen) atoms. The number of morpholine rings is 1. The average Bonchev–Trinajstić information content (AvgIpc) is 2.29. The summed E-state index contributed by atoms with van der Waals surface area (Å²) in [5, 5.41) is 3.05. The molecule has 0 saturated carbocycles. The van der Waals surface area contributed by atoms with E-state index < -0.39 is 0 Å². The van der Waals surface area contributed by atoms with Gasteiger partial charge in [-0.1, -0.05) is 0 Å². The number of hydrogen-bond donors (Lipinski definition) is 1. The van der Waals surface area contributed by atoms with Gasteiger partial charge < -0.3 is 10.1 Å². The highest BCUT2D eigenvalue weighted by Gasteiger charge is 2.12. The molecule has 5 heteroatoms. The molecule has 2 rings (SSSR count). The van der Waals surface area contributed by atoms with Crippen molar-refractivity contribution in [2.75, 3.05) is 38.7 Å². The third-order valence-corrected chi connectivity index (χ3v) is 2.63. The van der Waals surface area contributed by atoms with E-state index in [4.69, 9.17) is 4.74 Å². The first-order valence-corrected chi connectivity index (χ1v) is 5.60. The Bertz CT molecular complexity index is 350. The van der Waals surface area contributed by atoms with Gasteiger partial charge in [-0.15, -0.1) is 0 Å². The van der Waals surface area contributed by atoms with Crippen molar-refractivity contribution >= 4 is 5.82 Å². The summed E-state index contributed by atoms with van der Waals surface area (Å²) in [6.07, 6.45) is 0. The predicted molar refractivity (Wildman–Crippen MR) is 62.4 cm³/mol. The Balaban J connectivity index is 2.04. The summed E-state index contributed by atoms with van der Waals surface area (Å²) in [5.41, 5.74) is 1.00. The highest BCUT2D eigenvalue weighted by molar-refractivity contribution is 5.34. The van der Waals surface area contributed by atoms with Crippen molar-refractivity contribution in [3.8, 4) is 0 Å². The fourth-order valence-electron chi connectivity index (χ4n) is 1.79. The molecular weight excluding hydrogens is 204 g/mol. The molecule has 1 fully saturated rings. The van der Waals surface area contributed by atoms with Gasteiger partial charge in [-0.2, -0.15) is 0 Å². The molecule has 0 aliphatic carbocycles. The van der Waals surface area contributed by atoms with Crippen molar-refractivity contribution in [2.45, 2.75) is 13.5 Å². The van der Waals surface area contributed by atoms with E-state index >= 15 is 0 Å². The second-order valence-electron chi connectivity index (χ2n) is 3.95. The number of nitrogens with zero attached hydrogens (tertiary/aromatic N) is 3. The SMILES string of the molecule is CNc1cc(C)nc(CN2CCOCC2)n1. The van der Waals surface area contributed by atoms with Crippen LogP contribution in [0.25, 0.3) is 0 Å². The van der Waals surface area contributed by atoms with Crippen LogP contribution in [0.2, 0.25) is 0 Å². The van der Waals surface area contributed by atoms with Gasteiger partial charge in [-0.25, -0.2) is 9.97 Å². The number of anilines is 1. The zero-order valence-electron chi connectivity index (χ0n) is 9.86. The van der Waals surface area contributed by atoms with Crippen LogP contribution >= 0.6 is 0 Å². The third kappa shape index (κ3) is 2.90. The molecule has 1 saturated heterocycles. The molecule has 5 nitrogen and oxygen atoms in total. The lowest BCUT2D eigenvalue weighted by atomic mass is 10.3. The monoisotopic (exact) mass is 222 g/mol. The molecule has 2 heterocycles. The van der Waals surface area contributed by atoms with Crippen LogP contribution in [0.3, 0.4) is 0 Å². The minimum atomic E-state index is 0.805. The lowest BCUT2D eigenvalue weighted by Crippen LogP contribution is -2.36. The maximum absolute atomic E-state index is 5.31. The quantitative estimate of drug-likeness (QED) is 0.814. The highest BCUT2D eigenvalue weighted by Crippen LogP contribution is 2.08. The molecule has 0 amide bonds. The molecule has 0 atom stereocenters. The fraction of sp³-hybridized carbons (Fsp3) is 0.636. The Morgan fingerprint density at radius 3 is 2.81 bits per heavy atom. The molecule has 0 spiro atoms. The second kappa shape index (κ2) is 5.23. The van der Waals surface area contributed by atoms with Crippen molar-refractivity contribution in [1.29, 1.82) is 0 Å². The molecule has 1 N–H and O–H groups in total. The van der Waals surface area contributed by atoms with Crippen LogP contribution < -0.4 is 5.32 Å². The number of aryl methyl sites for hydroxylation is 1. The van der Waals surface area contributed by atoms with Crippen molar-refractivity contribution in [3.63, 3.8) is 0 Å². The van der Waals surface area contributed by atoms with Gasteiger partial charge in [0.25, 0.3) is 0 Å². The van der Waals surface area contributed by atoms with E-state index in [1.165, 1.54) is 0 Å². The Kier molecular flexibility index (Phi) is 3.69. The lowest BCUT2D eigenvalue weighted by molar-refractivity contribution is 0.0330. The van der Waals surface area contributed by atoms with Crippen molar-refractivity contribution in [2.24, 2.45) is 0 Å². The first-order chi connectivity index (χ1) is 7.78. The van der Waals surface area contributed by atoms with Crippen LogP contribution in [0.1, 0.15) is 11.5 Å². The fourth-order valence-corrected chi connectivity index (χ4v) is 1.79. The molecule has 1 aromatic rings. The van der Waals surface area contributed by atoms with Crippen LogP contribution in [-0.4, -0.2) is 48.2 Å². The standard InChI is InChI=1S/C11H18N4O/c1-9-7-10(12-2)14-11(13-9)8-15-3-5-16-6-4-15/h7H,3-6,8H2,1-2H3,(H,12,13,14). The van der Waals surface area contributed by atoms with Gasteiger partial charge in [0.1, 0.15) is 11.6 Å². The maximum Gasteiger partial charge on any atom is 0.144 e. The Morgan fingerprint density at radius 1 is 1.38 bits per heavy atom. The molecule has 0 unspecified atom stereocenters. The summed E-state index contributed by atoms with van der Waals surface area (Å²) < 4.78 is 5.31. The summed E-state index contributed by atoms with van der Waals surface area (Å²) in [6.45, 7) is 6.35. The summed E-state index contributed by atoms with van der Waals surface area (Å²) >= 11 is 0. The summed E-state index contributed by atoms with van der Waals surface area (Å²) in [5.74, 6) is 1.77. The van der Waals surface area contributed by atoms with Crippen molar-refractivity contribution in [3.05, 3.63) is 17.6 Å². The Morgan fingerprint density at radius 2 is 2.12 bits per heavy atom. The number of aromatic nitrogens is 2. The topological polar surface area (TPSA) is 50.3 Å². The zero-order valence-corrected chi connectivity index (χ0v) is 9.86. The molecular formula is C11H18N4O. The van der Waals surface area contributed by atoms with E-state index in [-0.39, 0.29) is 0 Å². The van der Waals surface area contributed by atoms with E-state index in [1.807, 2.05) is 20.0 Å². The maximum atomic E-state index is 5.31. The van der Waals surface area contributed by atoms with Crippen LogP contribution in [0.4, 0.5) is 5.82 Å². The van der Waals surface area contributed by atoms with Gasteiger partial charge in [-0.3, -0.25) is 4.90 Å². The summed E-state index contributed by atoms with van der Waals surface area (Å²) in [4.78, 5) is 11.2. The predicted octanol–water partition coefficient (Wildman–Crippen LogP) is 0.659. The lowest BCUT2D eigenvalue weighted by Gasteiger charge is -2.25. The normalized spacial score (nSPS) is 17.4. The number of rotatable bonds is 3. The van der Waals surface area contributed by atoms with Gasteiger partial charge in [0.2, 0.25) is 0 Å². The largest absolute Gasteiger partial charge is 0.379 e. The van der Waals surface area contributed by atoms with Gasteiger partial charge in [0, 0.05) is 31.9 Å². The number of nitrogens with one attached hydrogen (secondary N) is 1. The molecule has 1 aliphatic rings. The van der Waals surface area contributed by atoms with Crippen LogP contribution in [0.5, 0.6) is 0 Å². The molecule has 1 aliphatic heterocycles. The average molecular weight is 222 g/mol. The van der Waals surface area contributed by atoms with Crippen LogP contribution in [0.15, 0.2) is 6.07 Å². The van der Waals surface area contributed by atoms with Gasteiger partial charge in [0.15, 0.2) is 0 Å². The number of ether oxygens (including phenoxy) is 1. The van der Waals surface area contributed by atoms with E-state index in [9.17, 15) is 0 Å². The van der Waals surface area contributed by atoms with Gasteiger partial charge >= 0.3 is 0 Å². The first-order valence-electron chi connectivity index (χ1n) is 5.60. The molecule has 0 bridgehead atoms. The molecule has 1 aromatic heterocycles. The van der Waals surface area contributed by atoms with E-state index in [2.05, 4.69) is 20.2 Å². The molecule has 88 valence electrons. The third-order valence-electron chi connectivity index (χ3n) is 2.63. The smallest absolute Gasteiger partial charge is 0.144 e. The second-order valence-corrected chi connectivity index (χ2v) is 3.95. The van der Waals surface area contributed by atoms with Gasteiger partial charge in [-0.05, 0) is 6.92 Å². The van der Waals surface area contributed by atoms with Crippen molar-refractivity contribution in [1.82, 2.24) is 14.9 Å². The summed E-state index contributed by atoms with van der Waals surface area (Å²) in [6, 6.07) is 1.95. The molecule has 0 radical (unpaired) electrons. The van der Waals surface area contributed by atoms with E-state index in [0.717, 1.165) is 50.2 Å². The molecule has 0 aromatic carbocycles. The number of hydrogen-bond acceptors (Lipinski definition) is 5. The zero-order chi connectivity index (χ0) is 11.4. The van der Waals surface area contributed by atoms with Crippen LogP contribution in [0, 0.1) is 6.92 Å². The van der Waals surface area contributed by atoms with E-state index in [0.29, 0.717) is 0 Å². The summed E-state index contributed by atoms with van der Waals surface area (Å²) in [7, 11) is 1.88. The minimum absolute atomic E-state index is 0.805. The van der Waals surface area contributed by atoms with Crippen molar-refractivity contribution < 1.29 is 4.74 Å². The Hall–Kier alpha value is -1.20. The van der Waals surface area contributed by atoms with Crippen LogP contribution in [-0.2, 0) is 11.3 Å². The Labute approximate surface area is 95.8 Å². The minimum Gasteiger partial charge on any atom is -0.379 e. The highest BCUT2D eigenvalue weighted by atomic mass is 16.5.